The molecule has 1 rings (SSSR count). The second-order valence-electron chi connectivity index (χ2n) is 4.85. The molecule has 1 amide bonds. The van der Waals surface area contributed by atoms with Gasteiger partial charge < -0.3 is 19.9 Å². The first kappa shape index (κ1) is 17.0. The van der Waals surface area contributed by atoms with Gasteiger partial charge in [0.1, 0.15) is 5.75 Å². The first-order chi connectivity index (χ1) is 9.86. The van der Waals surface area contributed by atoms with Gasteiger partial charge in [-0.05, 0) is 19.9 Å². The Morgan fingerprint density at radius 2 is 1.86 bits per heavy atom. The van der Waals surface area contributed by atoms with Gasteiger partial charge in [-0.1, -0.05) is 18.2 Å². The summed E-state index contributed by atoms with van der Waals surface area (Å²) >= 11 is 0. The Balaban J connectivity index is 3.10. The molecule has 116 valence electrons. The topological polar surface area (TPSA) is 84.9 Å². The highest BCUT2D eigenvalue weighted by Gasteiger charge is 2.32. The van der Waals surface area contributed by atoms with Crippen LogP contribution in [0.4, 0.5) is 0 Å². The van der Waals surface area contributed by atoms with E-state index in [0.29, 0.717) is 11.3 Å². The smallest absolute Gasteiger partial charge is 0.337 e. The number of carbonyl (C=O) groups excluding carboxylic acids is 2. The molecule has 1 aromatic carbocycles. The molecule has 6 heteroatoms. The van der Waals surface area contributed by atoms with Gasteiger partial charge in [-0.3, -0.25) is 4.79 Å². The lowest BCUT2D eigenvalue weighted by molar-refractivity contribution is -0.159. The maximum Gasteiger partial charge on any atom is 0.337 e. The van der Waals surface area contributed by atoms with Crippen molar-refractivity contribution in [2.75, 3.05) is 7.11 Å². The summed E-state index contributed by atoms with van der Waals surface area (Å²) in [5.41, 5.74) is 0.503. The number of benzene rings is 1. The largest absolute Gasteiger partial charge is 0.496 e. The average molecular weight is 295 g/mol. The second-order valence-corrected chi connectivity index (χ2v) is 4.85. The van der Waals surface area contributed by atoms with Crippen molar-refractivity contribution in [3.8, 4) is 5.75 Å². The van der Waals surface area contributed by atoms with Gasteiger partial charge in [-0.2, -0.15) is 0 Å². The third kappa shape index (κ3) is 4.75. The number of carbonyl (C=O) groups is 2. The predicted molar refractivity (Wildman–Crippen MR) is 76.8 cm³/mol. The molecule has 2 atom stereocenters. The Bertz CT molecular complexity index is 501. The SMILES string of the molecule is COc1ccccc1[C@H](NC(C)=O)[C@@H](O)C(=O)OC(C)C. The van der Waals surface area contributed by atoms with Crippen LogP contribution in [-0.4, -0.2) is 36.3 Å². The van der Waals surface area contributed by atoms with Gasteiger partial charge >= 0.3 is 5.97 Å². The minimum atomic E-state index is -1.52. The fourth-order valence-electron chi connectivity index (χ4n) is 1.91. The summed E-state index contributed by atoms with van der Waals surface area (Å²) in [4.78, 5) is 23.2. The molecule has 0 fully saturated rings. The molecule has 0 bridgehead atoms. The first-order valence-corrected chi connectivity index (χ1v) is 6.65. The summed E-state index contributed by atoms with van der Waals surface area (Å²) in [7, 11) is 1.47. The molecular formula is C15H21NO5. The van der Waals surface area contributed by atoms with Gasteiger partial charge in [0, 0.05) is 12.5 Å². The van der Waals surface area contributed by atoms with Crippen LogP contribution in [0.5, 0.6) is 5.75 Å². The molecule has 0 aliphatic rings. The molecule has 0 aromatic heterocycles. The summed E-state index contributed by atoms with van der Waals surface area (Å²) in [6.45, 7) is 4.67. The molecular weight excluding hydrogens is 274 g/mol. The van der Waals surface area contributed by atoms with Crippen molar-refractivity contribution < 1.29 is 24.2 Å². The lowest BCUT2D eigenvalue weighted by Gasteiger charge is -2.25. The van der Waals surface area contributed by atoms with Crippen LogP contribution in [0.3, 0.4) is 0 Å². The van der Waals surface area contributed by atoms with Crippen LogP contribution in [0.2, 0.25) is 0 Å². The number of hydrogen-bond donors (Lipinski definition) is 2. The van der Waals surface area contributed by atoms with E-state index in [-0.39, 0.29) is 12.0 Å². The Morgan fingerprint density at radius 1 is 1.24 bits per heavy atom. The summed E-state index contributed by atoms with van der Waals surface area (Å²) in [5, 5.41) is 12.8. The summed E-state index contributed by atoms with van der Waals surface area (Å²) in [6.07, 6.45) is -1.88. The average Bonchev–Trinajstić information content (AvgIpc) is 2.43. The number of aliphatic hydroxyl groups is 1. The van der Waals surface area contributed by atoms with E-state index in [1.54, 1.807) is 38.1 Å². The molecule has 0 aliphatic heterocycles. The van der Waals surface area contributed by atoms with Gasteiger partial charge in [0.25, 0.3) is 0 Å². The van der Waals surface area contributed by atoms with Crippen LogP contribution >= 0.6 is 0 Å². The number of aliphatic hydroxyl groups excluding tert-OH is 1. The van der Waals surface area contributed by atoms with Crippen molar-refractivity contribution in [2.24, 2.45) is 0 Å². The van der Waals surface area contributed by atoms with Crippen molar-refractivity contribution in [2.45, 2.75) is 39.0 Å². The monoisotopic (exact) mass is 295 g/mol. The fraction of sp³-hybridized carbons (Fsp3) is 0.467. The molecule has 0 spiro atoms. The van der Waals surface area contributed by atoms with Crippen LogP contribution in [0.1, 0.15) is 32.4 Å². The molecule has 0 saturated carbocycles. The van der Waals surface area contributed by atoms with Gasteiger partial charge in [0.05, 0.1) is 19.3 Å². The zero-order chi connectivity index (χ0) is 16.0. The van der Waals surface area contributed by atoms with Crippen molar-refractivity contribution in [1.82, 2.24) is 5.32 Å². The number of esters is 1. The Kier molecular flexibility index (Phi) is 6.17. The molecule has 0 aliphatic carbocycles. The molecule has 0 unspecified atom stereocenters. The summed E-state index contributed by atoms with van der Waals surface area (Å²) < 4.78 is 10.2. The van der Waals surface area contributed by atoms with Crippen LogP contribution < -0.4 is 10.1 Å². The van der Waals surface area contributed by atoms with Crippen molar-refractivity contribution in [3.63, 3.8) is 0 Å². The van der Waals surface area contributed by atoms with Gasteiger partial charge in [-0.25, -0.2) is 4.79 Å². The molecule has 2 N–H and O–H groups in total. The number of ether oxygens (including phenoxy) is 2. The second kappa shape index (κ2) is 7.64. The number of para-hydroxylation sites is 1. The minimum absolute atomic E-state index is 0.359. The van der Waals surface area contributed by atoms with Gasteiger partial charge in [0.2, 0.25) is 5.91 Å². The number of rotatable bonds is 6. The first-order valence-electron chi connectivity index (χ1n) is 6.65. The zero-order valence-corrected chi connectivity index (χ0v) is 12.6. The lowest BCUT2D eigenvalue weighted by atomic mass is 10.00. The molecule has 6 nitrogen and oxygen atoms in total. The molecule has 0 radical (unpaired) electrons. The summed E-state index contributed by atoms with van der Waals surface area (Å²) in [6, 6.07) is 5.90. The van der Waals surface area contributed by atoms with Crippen LogP contribution in [0.15, 0.2) is 24.3 Å². The van der Waals surface area contributed by atoms with Crippen molar-refractivity contribution in [3.05, 3.63) is 29.8 Å². The lowest BCUT2D eigenvalue weighted by Crippen LogP contribution is -2.41. The maximum atomic E-state index is 11.9. The third-order valence-electron chi connectivity index (χ3n) is 2.74. The third-order valence-corrected chi connectivity index (χ3v) is 2.74. The quantitative estimate of drug-likeness (QED) is 0.770. The highest BCUT2D eigenvalue weighted by molar-refractivity contribution is 5.79. The minimum Gasteiger partial charge on any atom is -0.496 e. The van der Waals surface area contributed by atoms with Gasteiger partial charge in [0.15, 0.2) is 6.10 Å². The van der Waals surface area contributed by atoms with Crippen LogP contribution in [0, 0.1) is 0 Å². The highest BCUT2D eigenvalue weighted by atomic mass is 16.6. The number of amides is 1. The number of hydrogen-bond acceptors (Lipinski definition) is 5. The highest BCUT2D eigenvalue weighted by Crippen LogP contribution is 2.27. The van der Waals surface area contributed by atoms with E-state index in [4.69, 9.17) is 9.47 Å². The summed E-state index contributed by atoms with van der Waals surface area (Å²) in [5.74, 6) is -0.704. The van der Waals surface area contributed by atoms with E-state index in [0.717, 1.165) is 0 Å². The van der Waals surface area contributed by atoms with Crippen molar-refractivity contribution in [1.29, 1.82) is 0 Å². The fourth-order valence-corrected chi connectivity index (χ4v) is 1.91. The zero-order valence-electron chi connectivity index (χ0n) is 12.6. The molecule has 1 aromatic rings. The molecule has 0 saturated heterocycles. The van der Waals surface area contributed by atoms with Crippen molar-refractivity contribution >= 4 is 11.9 Å². The standard InChI is InChI=1S/C15H21NO5/c1-9(2)21-15(19)14(18)13(16-10(3)17)11-7-5-6-8-12(11)20-4/h5-9,13-14,18H,1-4H3,(H,16,17)/t13-,14+/m0/s1. The van der Waals surface area contributed by atoms with E-state index in [2.05, 4.69) is 5.32 Å². The maximum absolute atomic E-state index is 11.9. The molecule has 0 heterocycles. The van der Waals surface area contributed by atoms with E-state index in [1.807, 2.05) is 0 Å². The van der Waals surface area contributed by atoms with Gasteiger partial charge in [-0.15, -0.1) is 0 Å². The van der Waals surface area contributed by atoms with E-state index < -0.39 is 18.1 Å². The normalized spacial score (nSPS) is 13.4. The predicted octanol–water partition coefficient (Wildman–Crippen LogP) is 1.18. The number of nitrogens with one attached hydrogen (secondary N) is 1. The van der Waals surface area contributed by atoms with Crippen LogP contribution in [0.25, 0.3) is 0 Å². The van der Waals surface area contributed by atoms with E-state index in [1.165, 1.54) is 14.0 Å². The van der Waals surface area contributed by atoms with E-state index >= 15 is 0 Å². The Labute approximate surface area is 124 Å². The molecule has 21 heavy (non-hydrogen) atoms. The van der Waals surface area contributed by atoms with E-state index in [9.17, 15) is 14.7 Å². The van der Waals surface area contributed by atoms with Crippen LogP contribution in [-0.2, 0) is 14.3 Å². The number of methoxy groups -OCH3 is 1. The Morgan fingerprint density at radius 3 is 2.38 bits per heavy atom. The Hall–Kier alpha value is -2.08.